The zero-order valence-corrected chi connectivity index (χ0v) is 16.5. The van der Waals surface area contributed by atoms with Gasteiger partial charge in [-0.15, -0.1) is 0 Å². The van der Waals surface area contributed by atoms with Crippen LogP contribution in [0.3, 0.4) is 0 Å². The van der Waals surface area contributed by atoms with Crippen molar-refractivity contribution in [2.24, 2.45) is 7.05 Å². The van der Waals surface area contributed by atoms with E-state index < -0.39 is 10.0 Å². The first-order chi connectivity index (χ1) is 12.9. The monoisotopic (exact) mass is 384 g/mol. The molecule has 1 aromatic heterocycles. The number of nitrogens with zero attached hydrogens (tertiary/aromatic N) is 2. The summed E-state index contributed by atoms with van der Waals surface area (Å²) >= 11 is 0. The lowest BCUT2D eigenvalue weighted by Crippen LogP contribution is -2.19. The maximum atomic E-state index is 12.2. The molecule has 3 rings (SSSR count). The second-order valence-electron chi connectivity index (χ2n) is 6.53. The molecule has 3 aromatic rings. The molecule has 0 aliphatic carbocycles. The van der Waals surface area contributed by atoms with Crippen molar-refractivity contribution in [3.8, 4) is 11.3 Å². The fourth-order valence-corrected chi connectivity index (χ4v) is 3.64. The number of rotatable bonds is 7. The largest absolute Gasteiger partial charge is 0.384 e. The Morgan fingerprint density at radius 3 is 2.52 bits per heavy atom. The maximum Gasteiger partial charge on any atom is 0.240 e. The fourth-order valence-electron chi connectivity index (χ4n) is 2.89. The minimum atomic E-state index is -3.53. The number of sulfonamides is 1. The molecule has 1 atom stereocenters. The molecule has 1 heterocycles. The second kappa shape index (κ2) is 7.94. The molecular formula is C20H24N4O2S. The van der Waals surface area contributed by atoms with E-state index in [1.165, 1.54) is 12.6 Å². The molecule has 0 saturated carbocycles. The van der Waals surface area contributed by atoms with E-state index in [-0.39, 0.29) is 4.90 Å². The summed E-state index contributed by atoms with van der Waals surface area (Å²) in [5.74, 6) is 0.309. The third kappa shape index (κ3) is 4.37. The van der Waals surface area contributed by atoms with Crippen molar-refractivity contribution in [3.63, 3.8) is 0 Å². The van der Waals surface area contributed by atoms with Gasteiger partial charge in [0.05, 0.1) is 16.9 Å². The molecule has 7 heteroatoms. The quantitative estimate of drug-likeness (QED) is 0.656. The highest BCUT2D eigenvalue weighted by Gasteiger charge is 2.17. The van der Waals surface area contributed by atoms with Crippen molar-refractivity contribution in [1.82, 2.24) is 14.3 Å². The Kier molecular flexibility index (Phi) is 5.62. The van der Waals surface area contributed by atoms with Crippen LogP contribution in [0.15, 0.2) is 66.0 Å². The lowest BCUT2D eigenvalue weighted by Gasteiger charge is -2.17. The molecule has 27 heavy (non-hydrogen) atoms. The Bertz CT molecular complexity index is 1010. The van der Waals surface area contributed by atoms with Crippen LogP contribution in [-0.2, 0) is 17.1 Å². The van der Waals surface area contributed by atoms with Crippen LogP contribution in [0, 0.1) is 0 Å². The topological polar surface area (TPSA) is 76.0 Å². The number of hydrogen-bond acceptors (Lipinski definition) is 4. The predicted octanol–water partition coefficient (Wildman–Crippen LogP) is 3.21. The van der Waals surface area contributed by atoms with Gasteiger partial charge in [0, 0.05) is 31.0 Å². The van der Waals surface area contributed by atoms with E-state index in [9.17, 15) is 8.42 Å². The zero-order valence-electron chi connectivity index (χ0n) is 15.7. The smallest absolute Gasteiger partial charge is 0.240 e. The molecular weight excluding hydrogens is 360 g/mol. The van der Waals surface area contributed by atoms with Crippen LogP contribution >= 0.6 is 0 Å². The van der Waals surface area contributed by atoms with Crippen molar-refractivity contribution in [3.05, 3.63) is 66.6 Å². The molecule has 0 unspecified atom stereocenters. The van der Waals surface area contributed by atoms with Crippen LogP contribution in [0.2, 0.25) is 0 Å². The van der Waals surface area contributed by atoms with Gasteiger partial charge in [0.25, 0.3) is 0 Å². The number of aryl methyl sites for hydroxylation is 1. The van der Waals surface area contributed by atoms with Crippen LogP contribution < -0.4 is 10.0 Å². The van der Waals surface area contributed by atoms with E-state index in [1.807, 2.05) is 36.0 Å². The first-order valence-electron chi connectivity index (χ1n) is 8.75. The van der Waals surface area contributed by atoms with Crippen molar-refractivity contribution in [1.29, 1.82) is 0 Å². The van der Waals surface area contributed by atoms with Crippen LogP contribution in [-0.4, -0.2) is 31.6 Å². The van der Waals surface area contributed by atoms with Gasteiger partial charge in [-0.2, -0.15) is 0 Å². The first-order valence-corrected chi connectivity index (χ1v) is 10.2. The summed E-state index contributed by atoms with van der Waals surface area (Å²) in [5.41, 5.74) is 3.58. The first kappa shape index (κ1) is 19.1. The molecule has 6 nitrogen and oxygen atoms in total. The van der Waals surface area contributed by atoms with Gasteiger partial charge >= 0.3 is 0 Å². The van der Waals surface area contributed by atoms with E-state index >= 15 is 0 Å². The molecule has 0 amide bonds. The van der Waals surface area contributed by atoms with E-state index in [0.717, 1.165) is 23.5 Å². The normalized spacial score (nSPS) is 12.7. The molecule has 2 N–H and O–H groups in total. The van der Waals surface area contributed by atoms with E-state index in [2.05, 4.69) is 34.1 Å². The Balaban J connectivity index is 1.92. The summed E-state index contributed by atoms with van der Waals surface area (Å²) in [7, 11) is -0.235. The van der Waals surface area contributed by atoms with E-state index in [0.29, 0.717) is 5.92 Å². The third-order valence-corrected chi connectivity index (χ3v) is 5.93. The van der Waals surface area contributed by atoms with Gasteiger partial charge < -0.3 is 9.88 Å². The standard InChI is InChI=1S/C20H24N4O2S/c1-15(16-7-5-4-6-8-16)12-22-19-10-9-17(27(25,26)21-2)11-18(19)20-13-24(3)14-23-20/h4-11,13-15,21-22H,12H2,1-3H3/t15-/m0/s1. The van der Waals surface area contributed by atoms with Crippen molar-refractivity contribution in [2.45, 2.75) is 17.7 Å². The zero-order chi connectivity index (χ0) is 19.4. The number of nitrogens with one attached hydrogen (secondary N) is 2. The summed E-state index contributed by atoms with van der Waals surface area (Å²) in [6.45, 7) is 2.88. The Labute approximate surface area is 160 Å². The second-order valence-corrected chi connectivity index (χ2v) is 8.42. The molecule has 0 aliphatic rings. The minimum Gasteiger partial charge on any atom is -0.384 e. The Morgan fingerprint density at radius 2 is 1.89 bits per heavy atom. The maximum absolute atomic E-state index is 12.2. The highest BCUT2D eigenvalue weighted by molar-refractivity contribution is 7.89. The Hall–Kier alpha value is -2.64. The lowest BCUT2D eigenvalue weighted by atomic mass is 10.0. The Morgan fingerprint density at radius 1 is 1.15 bits per heavy atom. The molecule has 0 aliphatic heterocycles. The van der Waals surface area contributed by atoms with Crippen LogP contribution in [0.4, 0.5) is 5.69 Å². The highest BCUT2D eigenvalue weighted by atomic mass is 32.2. The van der Waals surface area contributed by atoms with Crippen molar-refractivity contribution >= 4 is 15.7 Å². The SMILES string of the molecule is CNS(=O)(=O)c1ccc(NC[C@H](C)c2ccccc2)c(-c2cn(C)cn2)c1. The molecule has 0 fully saturated rings. The molecule has 0 radical (unpaired) electrons. The fraction of sp³-hybridized carbons (Fsp3) is 0.250. The van der Waals surface area contributed by atoms with Gasteiger partial charge in [-0.05, 0) is 36.7 Å². The summed E-state index contributed by atoms with van der Waals surface area (Å²) in [5, 5.41) is 3.45. The average Bonchev–Trinajstić information content (AvgIpc) is 3.12. The number of aromatic nitrogens is 2. The summed E-state index contributed by atoms with van der Waals surface area (Å²) < 4.78 is 28.6. The highest BCUT2D eigenvalue weighted by Crippen LogP contribution is 2.30. The van der Waals surface area contributed by atoms with Gasteiger partial charge in [0.2, 0.25) is 10.0 Å². The van der Waals surface area contributed by atoms with Crippen LogP contribution in [0.5, 0.6) is 0 Å². The number of imidazole rings is 1. The minimum absolute atomic E-state index is 0.215. The summed E-state index contributed by atoms with van der Waals surface area (Å²) in [6, 6.07) is 15.3. The van der Waals surface area contributed by atoms with Crippen LogP contribution in [0.25, 0.3) is 11.3 Å². The summed E-state index contributed by atoms with van der Waals surface area (Å²) in [6.07, 6.45) is 3.57. The van der Waals surface area contributed by atoms with Crippen molar-refractivity contribution < 1.29 is 8.42 Å². The number of anilines is 1. The van der Waals surface area contributed by atoms with Gasteiger partial charge in [-0.3, -0.25) is 0 Å². The molecule has 0 saturated heterocycles. The van der Waals surface area contributed by atoms with Gasteiger partial charge in [0.15, 0.2) is 0 Å². The van der Waals surface area contributed by atoms with Crippen LogP contribution in [0.1, 0.15) is 18.4 Å². The average molecular weight is 385 g/mol. The third-order valence-electron chi connectivity index (χ3n) is 4.52. The van der Waals surface area contributed by atoms with Crippen molar-refractivity contribution in [2.75, 3.05) is 18.9 Å². The predicted molar refractivity (Wildman–Crippen MR) is 108 cm³/mol. The van der Waals surface area contributed by atoms with E-state index in [4.69, 9.17) is 0 Å². The molecule has 0 spiro atoms. The van der Waals surface area contributed by atoms with Gasteiger partial charge in [-0.25, -0.2) is 18.1 Å². The number of hydrogen-bond donors (Lipinski definition) is 2. The number of benzene rings is 2. The summed E-state index contributed by atoms with van der Waals surface area (Å²) in [4.78, 5) is 4.60. The lowest BCUT2D eigenvalue weighted by molar-refractivity contribution is 0.588. The van der Waals surface area contributed by atoms with Gasteiger partial charge in [0.1, 0.15) is 0 Å². The molecule has 142 valence electrons. The van der Waals surface area contributed by atoms with E-state index in [1.54, 1.807) is 24.5 Å². The molecule has 0 bridgehead atoms. The molecule has 2 aromatic carbocycles. The van der Waals surface area contributed by atoms with Gasteiger partial charge in [-0.1, -0.05) is 37.3 Å².